The number of halogens is 1. The predicted octanol–water partition coefficient (Wildman–Crippen LogP) is 4.41. The lowest BCUT2D eigenvalue weighted by Crippen LogP contribution is -2.25. The van der Waals surface area contributed by atoms with Gasteiger partial charge in [-0.25, -0.2) is 4.98 Å². The van der Waals surface area contributed by atoms with Crippen LogP contribution in [0.2, 0.25) is 5.02 Å². The van der Waals surface area contributed by atoms with E-state index in [0.29, 0.717) is 12.0 Å². The van der Waals surface area contributed by atoms with Crippen LogP contribution >= 0.6 is 11.6 Å². The summed E-state index contributed by atoms with van der Waals surface area (Å²) in [5.41, 5.74) is 3.48. The first-order valence-electron chi connectivity index (χ1n) is 8.19. The molecule has 0 saturated heterocycles. The van der Waals surface area contributed by atoms with Gasteiger partial charge in [-0.2, -0.15) is 0 Å². The van der Waals surface area contributed by atoms with Crippen LogP contribution in [0.15, 0.2) is 54.9 Å². The van der Waals surface area contributed by atoms with Gasteiger partial charge in [0.2, 0.25) is 0 Å². The van der Waals surface area contributed by atoms with E-state index in [1.165, 1.54) is 24.8 Å². The molecule has 2 aromatic heterocycles. The molecule has 0 spiro atoms. The quantitative estimate of drug-likeness (QED) is 0.769. The van der Waals surface area contributed by atoms with Crippen LogP contribution in [0.25, 0.3) is 5.65 Å². The second-order valence-corrected chi connectivity index (χ2v) is 6.78. The maximum atomic E-state index is 6.02. The summed E-state index contributed by atoms with van der Waals surface area (Å²) in [6.45, 7) is 0.811. The van der Waals surface area contributed by atoms with E-state index in [0.717, 1.165) is 22.9 Å². The van der Waals surface area contributed by atoms with Crippen molar-refractivity contribution in [3.8, 4) is 0 Å². The van der Waals surface area contributed by atoms with Gasteiger partial charge in [0.1, 0.15) is 5.65 Å². The molecule has 2 atom stereocenters. The van der Waals surface area contributed by atoms with Crippen LogP contribution in [0, 0.1) is 0 Å². The topological polar surface area (TPSA) is 29.3 Å². The Bertz CT molecular complexity index is 797. The van der Waals surface area contributed by atoms with E-state index in [-0.39, 0.29) is 0 Å². The molecule has 1 saturated carbocycles. The third kappa shape index (κ3) is 3.26. The van der Waals surface area contributed by atoms with E-state index < -0.39 is 0 Å². The molecule has 1 aromatic carbocycles. The smallest absolute Gasteiger partial charge is 0.137 e. The maximum absolute atomic E-state index is 6.02. The van der Waals surface area contributed by atoms with E-state index in [1.807, 2.05) is 22.7 Å². The summed E-state index contributed by atoms with van der Waals surface area (Å²) in [7, 11) is 0. The second kappa shape index (κ2) is 6.34. The van der Waals surface area contributed by atoms with Crippen LogP contribution in [-0.2, 0) is 6.54 Å². The van der Waals surface area contributed by atoms with Crippen molar-refractivity contribution in [3.05, 3.63) is 71.1 Å². The number of pyridine rings is 1. The monoisotopic (exact) mass is 325 g/mol. The van der Waals surface area contributed by atoms with E-state index >= 15 is 0 Å². The minimum atomic E-state index is 0.577. The molecule has 0 radical (unpaired) electrons. The molecule has 1 fully saturated rings. The summed E-state index contributed by atoms with van der Waals surface area (Å²) >= 11 is 6.02. The van der Waals surface area contributed by atoms with Gasteiger partial charge < -0.3 is 9.72 Å². The van der Waals surface area contributed by atoms with Gasteiger partial charge in [0.15, 0.2) is 0 Å². The maximum Gasteiger partial charge on any atom is 0.137 e. The first kappa shape index (κ1) is 14.7. The van der Waals surface area contributed by atoms with Crippen molar-refractivity contribution in [1.82, 2.24) is 14.7 Å². The van der Waals surface area contributed by atoms with Crippen LogP contribution in [0.5, 0.6) is 0 Å². The number of imidazole rings is 1. The Morgan fingerprint density at radius 1 is 1.09 bits per heavy atom. The number of rotatable bonds is 4. The van der Waals surface area contributed by atoms with Gasteiger partial charge in [0, 0.05) is 25.0 Å². The van der Waals surface area contributed by atoms with Gasteiger partial charge in [0.25, 0.3) is 0 Å². The number of fused-ring (bicyclic) bond motifs is 1. The zero-order valence-corrected chi connectivity index (χ0v) is 13.7. The lowest BCUT2D eigenvalue weighted by atomic mass is 9.98. The van der Waals surface area contributed by atoms with E-state index in [4.69, 9.17) is 11.6 Å². The Labute approximate surface area is 141 Å². The van der Waals surface area contributed by atoms with Crippen molar-refractivity contribution in [2.45, 2.75) is 37.8 Å². The fourth-order valence-electron chi connectivity index (χ4n) is 3.55. The van der Waals surface area contributed by atoms with Gasteiger partial charge in [-0.3, -0.25) is 0 Å². The molecule has 1 aliphatic rings. The Kier molecular flexibility index (Phi) is 4.06. The second-order valence-electron chi connectivity index (χ2n) is 6.34. The number of nitrogens with one attached hydrogen (secondary N) is 1. The van der Waals surface area contributed by atoms with E-state index in [9.17, 15) is 0 Å². The Hall–Kier alpha value is -1.84. The Morgan fingerprint density at radius 3 is 2.83 bits per heavy atom. The van der Waals surface area contributed by atoms with Gasteiger partial charge in [-0.15, -0.1) is 0 Å². The number of benzene rings is 1. The van der Waals surface area contributed by atoms with E-state index in [1.54, 1.807) is 0 Å². The van der Waals surface area contributed by atoms with Crippen LogP contribution in [0.1, 0.15) is 36.4 Å². The van der Waals surface area contributed by atoms with Crippen molar-refractivity contribution in [3.63, 3.8) is 0 Å². The highest BCUT2D eigenvalue weighted by atomic mass is 35.5. The highest BCUT2D eigenvalue weighted by molar-refractivity contribution is 6.30. The molecule has 1 aliphatic carbocycles. The number of hydrogen-bond acceptors (Lipinski definition) is 2. The molecule has 1 N–H and O–H groups in total. The molecule has 0 aliphatic heterocycles. The van der Waals surface area contributed by atoms with Crippen LogP contribution in [-0.4, -0.2) is 15.4 Å². The fourth-order valence-corrected chi connectivity index (χ4v) is 3.71. The zero-order valence-electron chi connectivity index (χ0n) is 13.0. The van der Waals surface area contributed by atoms with Crippen LogP contribution in [0.4, 0.5) is 0 Å². The van der Waals surface area contributed by atoms with Crippen molar-refractivity contribution >= 4 is 17.2 Å². The average Bonchev–Trinajstić information content (AvgIpc) is 3.20. The number of aromatic nitrogens is 2. The molecule has 23 heavy (non-hydrogen) atoms. The lowest BCUT2D eigenvalue weighted by Gasteiger charge is -2.12. The van der Waals surface area contributed by atoms with Crippen molar-refractivity contribution in [2.75, 3.05) is 0 Å². The number of hydrogen-bond donors (Lipinski definition) is 1. The summed E-state index contributed by atoms with van der Waals surface area (Å²) in [5.74, 6) is 0.688. The molecular formula is C19H20ClN3. The molecule has 3 aromatic rings. The predicted molar refractivity (Wildman–Crippen MR) is 93.9 cm³/mol. The van der Waals surface area contributed by atoms with Crippen molar-refractivity contribution in [2.24, 2.45) is 0 Å². The zero-order chi connectivity index (χ0) is 15.6. The molecule has 118 valence electrons. The summed E-state index contributed by atoms with van der Waals surface area (Å²) in [6, 6.07) is 15.3. The van der Waals surface area contributed by atoms with Gasteiger partial charge in [-0.1, -0.05) is 41.9 Å². The largest absolute Gasteiger partial charge is 0.308 e. The standard InChI is InChI=1S/C19H20ClN3/c20-16-7-9-19-22-18(13-23(19)12-16)11-21-17-8-6-15(10-17)14-4-2-1-3-5-14/h1-5,7,9,12-13,15,17,21H,6,8,10-11H2. The molecule has 2 heterocycles. The van der Waals surface area contributed by atoms with E-state index in [2.05, 4.69) is 46.8 Å². The first-order chi connectivity index (χ1) is 11.3. The summed E-state index contributed by atoms with van der Waals surface area (Å²) in [5, 5.41) is 4.40. The molecule has 0 amide bonds. The van der Waals surface area contributed by atoms with Crippen LogP contribution < -0.4 is 5.32 Å². The average molecular weight is 326 g/mol. The minimum Gasteiger partial charge on any atom is -0.308 e. The van der Waals surface area contributed by atoms with Crippen molar-refractivity contribution in [1.29, 1.82) is 0 Å². The summed E-state index contributed by atoms with van der Waals surface area (Å²) in [6.07, 6.45) is 7.66. The fraction of sp³-hybridized carbons (Fsp3) is 0.316. The molecule has 0 bridgehead atoms. The van der Waals surface area contributed by atoms with Gasteiger partial charge in [-0.05, 0) is 42.9 Å². The molecule has 3 nitrogen and oxygen atoms in total. The molecular weight excluding hydrogens is 306 g/mol. The Balaban J connectivity index is 1.37. The summed E-state index contributed by atoms with van der Waals surface area (Å²) < 4.78 is 1.99. The minimum absolute atomic E-state index is 0.577. The van der Waals surface area contributed by atoms with Crippen molar-refractivity contribution < 1.29 is 0 Å². The molecule has 2 unspecified atom stereocenters. The normalized spacial score (nSPS) is 21.1. The Morgan fingerprint density at radius 2 is 1.96 bits per heavy atom. The van der Waals surface area contributed by atoms with Gasteiger partial charge in [0.05, 0.1) is 10.7 Å². The molecule has 4 heteroatoms. The third-order valence-corrected chi connectivity index (χ3v) is 4.96. The lowest BCUT2D eigenvalue weighted by molar-refractivity contribution is 0.514. The third-order valence-electron chi connectivity index (χ3n) is 4.74. The number of nitrogens with zero attached hydrogens (tertiary/aromatic N) is 2. The highest BCUT2D eigenvalue weighted by Gasteiger charge is 2.25. The summed E-state index contributed by atoms with van der Waals surface area (Å²) in [4.78, 5) is 4.63. The SMILES string of the molecule is Clc1ccc2nc(CNC3CCC(c4ccccc4)C3)cn2c1. The van der Waals surface area contributed by atoms with Crippen LogP contribution in [0.3, 0.4) is 0 Å². The highest BCUT2D eigenvalue weighted by Crippen LogP contribution is 2.34. The molecule has 4 rings (SSSR count). The van der Waals surface area contributed by atoms with Gasteiger partial charge >= 0.3 is 0 Å². The first-order valence-corrected chi connectivity index (χ1v) is 8.57.